The minimum Gasteiger partial charge on any atom is -0.497 e. The summed E-state index contributed by atoms with van der Waals surface area (Å²) in [4.78, 5) is 27.1. The van der Waals surface area contributed by atoms with E-state index >= 15 is 0 Å². The van der Waals surface area contributed by atoms with E-state index in [1.165, 1.54) is 10.1 Å². The summed E-state index contributed by atoms with van der Waals surface area (Å²) in [6.07, 6.45) is 1.56. The summed E-state index contributed by atoms with van der Waals surface area (Å²) in [5.41, 5.74) is 8.91. The van der Waals surface area contributed by atoms with E-state index in [4.69, 9.17) is 14.9 Å². The molecule has 0 atom stereocenters. The van der Waals surface area contributed by atoms with Crippen molar-refractivity contribution in [3.05, 3.63) is 58.7 Å². The van der Waals surface area contributed by atoms with Crippen LogP contribution in [0.3, 0.4) is 0 Å². The molecule has 0 bridgehead atoms. The van der Waals surface area contributed by atoms with Crippen molar-refractivity contribution < 1.29 is 9.15 Å². The van der Waals surface area contributed by atoms with Gasteiger partial charge < -0.3 is 14.9 Å². The van der Waals surface area contributed by atoms with Crippen LogP contribution < -0.4 is 16.2 Å². The van der Waals surface area contributed by atoms with Crippen molar-refractivity contribution in [2.45, 2.75) is 13.1 Å². The molecule has 1 aromatic carbocycles. The van der Waals surface area contributed by atoms with E-state index in [2.05, 4.69) is 37.0 Å². The lowest BCUT2D eigenvalue weighted by atomic mass is 10.2. The highest BCUT2D eigenvalue weighted by Gasteiger charge is 2.23. The van der Waals surface area contributed by atoms with Crippen LogP contribution in [-0.2, 0) is 20.1 Å². The van der Waals surface area contributed by atoms with Crippen LogP contribution in [0.5, 0.6) is 5.75 Å². The predicted octanol–water partition coefficient (Wildman–Crippen LogP) is 1.45. The summed E-state index contributed by atoms with van der Waals surface area (Å²) in [7, 11) is 3.40. The van der Waals surface area contributed by atoms with Gasteiger partial charge in [0.25, 0.3) is 0 Å². The number of hydrogen-bond acceptors (Lipinski definition) is 9. The molecule has 0 amide bonds. The Morgan fingerprint density at radius 3 is 2.46 bits per heavy atom. The van der Waals surface area contributed by atoms with Crippen LogP contribution in [0, 0.1) is 0 Å². The summed E-state index contributed by atoms with van der Waals surface area (Å²) < 4.78 is 15.4. The van der Waals surface area contributed by atoms with Crippen LogP contribution >= 0.6 is 0 Å². The monoisotopic (exact) mass is 503 g/mol. The van der Waals surface area contributed by atoms with Gasteiger partial charge in [-0.15, -0.1) is 5.10 Å². The summed E-state index contributed by atoms with van der Waals surface area (Å²) in [6.45, 7) is 5.98. The molecule has 5 aromatic rings. The Kier molecular flexibility index (Phi) is 5.89. The Morgan fingerprint density at radius 2 is 1.76 bits per heavy atom. The molecule has 4 aromatic heterocycles. The summed E-state index contributed by atoms with van der Waals surface area (Å²) >= 11 is 0. The van der Waals surface area contributed by atoms with Gasteiger partial charge in [0.1, 0.15) is 11.3 Å². The number of nitrogen functional groups attached to an aromatic ring is 1. The number of methoxy groups -OCH3 is 1. The molecule has 6 rings (SSSR count). The fourth-order valence-electron chi connectivity index (χ4n) is 4.90. The second-order valence-electron chi connectivity index (χ2n) is 9.25. The highest BCUT2D eigenvalue weighted by atomic mass is 16.5. The average Bonchev–Trinajstić information content (AvgIpc) is 3.65. The normalized spacial score (nSPS) is 15.2. The van der Waals surface area contributed by atoms with Gasteiger partial charge in [-0.3, -0.25) is 18.9 Å². The van der Waals surface area contributed by atoms with Gasteiger partial charge >= 0.3 is 5.69 Å². The molecule has 1 saturated heterocycles. The van der Waals surface area contributed by atoms with Gasteiger partial charge in [0.2, 0.25) is 11.8 Å². The standard InChI is InChI=1S/C25H29N9O3/c1-30-20-22(28-24(26)34-23(20)27-21(29-34)19-4-3-15-37-19)33(25(30)35)14-13-31-9-11-32(12-10-31)16-17-5-7-18(36-2)8-6-17/h3-8,15H,9-14,16H2,1-2H3,(H2,26,28). The van der Waals surface area contributed by atoms with Crippen LogP contribution in [-0.4, -0.2) is 78.3 Å². The maximum absolute atomic E-state index is 13.2. The maximum Gasteiger partial charge on any atom is 0.330 e. The lowest BCUT2D eigenvalue weighted by molar-refractivity contribution is 0.124. The molecule has 1 aliphatic rings. The first-order chi connectivity index (χ1) is 18.0. The molecule has 0 aliphatic carbocycles. The van der Waals surface area contributed by atoms with E-state index < -0.39 is 0 Å². The molecule has 1 fully saturated rings. The lowest BCUT2D eigenvalue weighted by Crippen LogP contribution is -2.47. The van der Waals surface area contributed by atoms with Crippen LogP contribution in [0.25, 0.3) is 28.4 Å². The molecule has 0 spiro atoms. The van der Waals surface area contributed by atoms with Crippen molar-refractivity contribution in [1.29, 1.82) is 0 Å². The minimum atomic E-state index is -0.157. The third-order valence-electron chi connectivity index (χ3n) is 6.99. The number of fused-ring (bicyclic) bond motifs is 3. The fraction of sp³-hybridized carbons (Fsp3) is 0.360. The van der Waals surface area contributed by atoms with Crippen LogP contribution in [0.1, 0.15) is 5.56 Å². The average molecular weight is 504 g/mol. The Labute approximate surface area is 212 Å². The third kappa shape index (κ3) is 4.23. The fourth-order valence-corrected chi connectivity index (χ4v) is 4.90. The van der Waals surface area contributed by atoms with E-state index in [9.17, 15) is 4.79 Å². The van der Waals surface area contributed by atoms with E-state index in [0.29, 0.717) is 34.9 Å². The zero-order valence-corrected chi connectivity index (χ0v) is 20.9. The Morgan fingerprint density at radius 1 is 1.00 bits per heavy atom. The van der Waals surface area contributed by atoms with E-state index in [1.807, 2.05) is 12.1 Å². The number of ether oxygens (including phenoxy) is 1. The van der Waals surface area contributed by atoms with Crippen molar-refractivity contribution in [1.82, 2.24) is 38.5 Å². The van der Waals surface area contributed by atoms with Crippen LogP contribution in [0.4, 0.5) is 5.95 Å². The minimum absolute atomic E-state index is 0.157. The third-order valence-corrected chi connectivity index (χ3v) is 6.99. The van der Waals surface area contributed by atoms with Crippen LogP contribution in [0.15, 0.2) is 51.9 Å². The van der Waals surface area contributed by atoms with Crippen molar-refractivity contribution in [3.63, 3.8) is 0 Å². The lowest BCUT2D eigenvalue weighted by Gasteiger charge is -2.34. The second kappa shape index (κ2) is 9.37. The largest absolute Gasteiger partial charge is 0.497 e. The van der Waals surface area contributed by atoms with E-state index in [-0.39, 0.29) is 11.6 Å². The van der Waals surface area contributed by atoms with Gasteiger partial charge in [-0.2, -0.15) is 9.50 Å². The van der Waals surface area contributed by atoms with Crippen molar-refractivity contribution in [3.8, 4) is 17.3 Å². The molecular formula is C25H29N9O3. The zero-order chi connectivity index (χ0) is 25.5. The number of furan rings is 1. The van der Waals surface area contributed by atoms with E-state index in [0.717, 1.165) is 45.0 Å². The molecule has 37 heavy (non-hydrogen) atoms. The number of benzene rings is 1. The van der Waals surface area contributed by atoms with Gasteiger partial charge in [-0.1, -0.05) is 12.1 Å². The molecule has 12 heteroatoms. The van der Waals surface area contributed by atoms with Gasteiger partial charge in [-0.05, 0) is 29.8 Å². The molecule has 192 valence electrons. The second-order valence-corrected chi connectivity index (χ2v) is 9.25. The molecule has 2 N–H and O–H groups in total. The van der Waals surface area contributed by atoms with Gasteiger partial charge in [0.05, 0.1) is 13.4 Å². The first-order valence-electron chi connectivity index (χ1n) is 12.2. The molecule has 1 aliphatic heterocycles. The number of aryl methyl sites for hydroxylation is 1. The number of hydrogen-bond donors (Lipinski definition) is 1. The predicted molar refractivity (Wildman–Crippen MR) is 138 cm³/mol. The van der Waals surface area contributed by atoms with E-state index in [1.54, 1.807) is 41.7 Å². The number of nitrogens with zero attached hydrogens (tertiary/aromatic N) is 8. The van der Waals surface area contributed by atoms with Crippen molar-refractivity contribution in [2.24, 2.45) is 7.05 Å². The highest BCUT2D eigenvalue weighted by molar-refractivity contribution is 5.88. The number of rotatable bonds is 7. The summed E-state index contributed by atoms with van der Waals surface area (Å²) in [5, 5.41) is 4.43. The number of aromatic nitrogens is 6. The topological polar surface area (TPSA) is 125 Å². The summed E-state index contributed by atoms with van der Waals surface area (Å²) in [6, 6.07) is 11.8. The van der Waals surface area contributed by atoms with Gasteiger partial charge in [0.15, 0.2) is 17.1 Å². The van der Waals surface area contributed by atoms with Gasteiger partial charge in [-0.25, -0.2) is 9.78 Å². The quantitative estimate of drug-likeness (QED) is 0.351. The van der Waals surface area contributed by atoms with Crippen molar-refractivity contribution in [2.75, 3.05) is 45.6 Å². The first-order valence-corrected chi connectivity index (χ1v) is 12.2. The molecular weight excluding hydrogens is 474 g/mol. The van der Waals surface area contributed by atoms with Crippen molar-refractivity contribution >= 4 is 22.8 Å². The number of piperazine rings is 1. The smallest absolute Gasteiger partial charge is 0.330 e. The molecule has 0 unspecified atom stereocenters. The highest BCUT2D eigenvalue weighted by Crippen LogP contribution is 2.23. The summed E-state index contributed by atoms with van der Waals surface area (Å²) in [5.74, 6) is 1.95. The number of nitrogens with two attached hydrogens (primary N) is 1. The number of anilines is 1. The van der Waals surface area contributed by atoms with Gasteiger partial charge in [0, 0.05) is 52.9 Å². The first kappa shape index (κ1) is 23.3. The Bertz CT molecular complexity index is 1590. The zero-order valence-electron chi connectivity index (χ0n) is 20.9. The Balaban J connectivity index is 1.17. The maximum atomic E-state index is 13.2. The molecule has 0 radical (unpaired) electrons. The number of imidazole rings is 1. The molecule has 12 nitrogen and oxygen atoms in total. The molecule has 0 saturated carbocycles. The van der Waals surface area contributed by atoms with Crippen LogP contribution in [0.2, 0.25) is 0 Å². The Hall–Kier alpha value is -4.16. The molecule has 5 heterocycles. The SMILES string of the molecule is COc1ccc(CN2CCN(CCn3c(=O)n(C)c4c3nc(N)n3nc(-c5ccco5)nc43)CC2)cc1.